The molecule has 2 heterocycles. The summed E-state index contributed by atoms with van der Waals surface area (Å²) in [5, 5.41) is 0. The molecule has 1 saturated carbocycles. The summed E-state index contributed by atoms with van der Waals surface area (Å²) in [6.45, 7) is 5.85. The number of hydrogen-bond acceptors (Lipinski definition) is 8. The first-order valence-corrected chi connectivity index (χ1v) is 10.8. The summed E-state index contributed by atoms with van der Waals surface area (Å²) in [6, 6.07) is 7.53. The molecular formula is C25H29NO7. The fourth-order valence-corrected chi connectivity index (χ4v) is 4.55. The van der Waals surface area contributed by atoms with Crippen LogP contribution in [0.15, 0.2) is 30.5 Å². The van der Waals surface area contributed by atoms with Crippen LogP contribution in [0.2, 0.25) is 0 Å². The summed E-state index contributed by atoms with van der Waals surface area (Å²) in [6.07, 6.45) is 1.18. The van der Waals surface area contributed by atoms with Crippen LogP contribution in [0.1, 0.15) is 42.9 Å². The monoisotopic (exact) mass is 455 g/mol. The fourth-order valence-electron chi connectivity index (χ4n) is 4.55. The number of methoxy groups -OCH3 is 3. The van der Waals surface area contributed by atoms with E-state index in [9.17, 15) is 9.59 Å². The lowest BCUT2D eigenvalue weighted by molar-refractivity contribution is -0.165. The van der Waals surface area contributed by atoms with Crippen molar-refractivity contribution in [1.29, 1.82) is 0 Å². The van der Waals surface area contributed by atoms with Crippen molar-refractivity contribution in [2.75, 3.05) is 27.9 Å². The third-order valence-electron chi connectivity index (χ3n) is 6.55. The number of benzene rings is 1. The average Bonchev–Trinajstić information content (AvgIpc) is 3.51. The minimum atomic E-state index is -1.03. The number of pyridine rings is 1. The smallest absolute Gasteiger partial charge is 0.348 e. The molecule has 33 heavy (non-hydrogen) atoms. The van der Waals surface area contributed by atoms with Crippen LogP contribution in [0.4, 0.5) is 0 Å². The molecule has 2 fully saturated rings. The molecule has 2 aliphatic rings. The fraction of sp³-hybridized carbons (Fsp3) is 0.480. The molecule has 2 aromatic rings. The Morgan fingerprint density at radius 2 is 1.82 bits per heavy atom. The minimum absolute atomic E-state index is 0.202. The third-order valence-corrected chi connectivity index (χ3v) is 6.55. The second-order valence-corrected chi connectivity index (χ2v) is 9.29. The number of hydrogen-bond donors (Lipinski definition) is 0. The third kappa shape index (κ3) is 3.77. The van der Waals surface area contributed by atoms with Crippen LogP contribution in [-0.4, -0.2) is 51.0 Å². The topological polar surface area (TPSA) is 93.2 Å². The maximum atomic E-state index is 13.8. The Morgan fingerprint density at radius 3 is 2.42 bits per heavy atom. The summed E-state index contributed by atoms with van der Waals surface area (Å²) in [5.74, 6) is 0.169. The molecule has 8 heteroatoms. The number of rotatable bonds is 7. The van der Waals surface area contributed by atoms with Gasteiger partial charge in [-0.1, -0.05) is 31.5 Å². The quantitative estimate of drug-likeness (QED) is 0.587. The molecule has 0 radical (unpaired) electrons. The maximum absolute atomic E-state index is 13.8. The van der Waals surface area contributed by atoms with Gasteiger partial charge in [-0.3, -0.25) is 4.79 Å². The number of carbonyl (C=O) groups is 2. The molecule has 4 rings (SSSR count). The molecule has 1 saturated heterocycles. The molecule has 0 unspecified atom stereocenters. The van der Waals surface area contributed by atoms with Gasteiger partial charge in [0.15, 0.2) is 5.75 Å². The van der Waals surface area contributed by atoms with E-state index in [1.807, 2.05) is 45.0 Å². The molecule has 176 valence electrons. The van der Waals surface area contributed by atoms with E-state index in [-0.39, 0.29) is 12.5 Å². The molecule has 3 atom stereocenters. The van der Waals surface area contributed by atoms with Crippen molar-refractivity contribution in [2.45, 2.75) is 44.6 Å². The molecule has 1 aromatic heterocycles. The number of carbonyl (C=O) groups excluding carboxylic acids is 2. The van der Waals surface area contributed by atoms with Crippen molar-refractivity contribution in [1.82, 2.24) is 4.98 Å². The zero-order chi connectivity index (χ0) is 24.0. The van der Waals surface area contributed by atoms with E-state index in [2.05, 4.69) is 4.98 Å². The van der Waals surface area contributed by atoms with E-state index in [1.54, 1.807) is 13.3 Å². The van der Waals surface area contributed by atoms with Crippen molar-refractivity contribution in [3.63, 3.8) is 0 Å². The molecule has 0 spiro atoms. The summed E-state index contributed by atoms with van der Waals surface area (Å²) >= 11 is 0. The van der Waals surface area contributed by atoms with Crippen LogP contribution in [0.5, 0.6) is 17.4 Å². The van der Waals surface area contributed by atoms with Crippen LogP contribution in [0.25, 0.3) is 0 Å². The summed E-state index contributed by atoms with van der Waals surface area (Å²) in [4.78, 5) is 30.5. The van der Waals surface area contributed by atoms with Crippen molar-refractivity contribution >= 4 is 11.9 Å². The van der Waals surface area contributed by atoms with Gasteiger partial charge in [0.1, 0.15) is 17.8 Å². The minimum Gasteiger partial charge on any atom is -0.496 e. The van der Waals surface area contributed by atoms with Gasteiger partial charge in [0.2, 0.25) is 6.10 Å². The Labute approximate surface area is 193 Å². The Kier molecular flexibility index (Phi) is 5.72. The first-order chi connectivity index (χ1) is 15.7. The van der Waals surface area contributed by atoms with Gasteiger partial charge in [-0.2, -0.15) is 0 Å². The van der Waals surface area contributed by atoms with Crippen LogP contribution in [0, 0.1) is 12.3 Å². The van der Waals surface area contributed by atoms with Gasteiger partial charge in [0, 0.05) is 23.1 Å². The van der Waals surface area contributed by atoms with Crippen LogP contribution in [0.3, 0.4) is 0 Å². The normalized spacial score (nSPS) is 25.2. The molecule has 0 N–H and O–H groups in total. The van der Waals surface area contributed by atoms with Crippen molar-refractivity contribution in [2.24, 2.45) is 5.41 Å². The van der Waals surface area contributed by atoms with E-state index in [1.165, 1.54) is 14.2 Å². The van der Waals surface area contributed by atoms with E-state index in [0.29, 0.717) is 23.8 Å². The highest BCUT2D eigenvalue weighted by molar-refractivity contribution is 5.92. The first kappa shape index (κ1) is 22.9. The van der Waals surface area contributed by atoms with Gasteiger partial charge >= 0.3 is 11.9 Å². The molecule has 8 nitrogen and oxygen atoms in total. The first-order valence-electron chi connectivity index (χ1n) is 10.8. The highest BCUT2D eigenvalue weighted by Crippen LogP contribution is 2.63. The highest BCUT2D eigenvalue weighted by Gasteiger charge is 2.65. The van der Waals surface area contributed by atoms with Gasteiger partial charge in [0.25, 0.3) is 5.88 Å². The second kappa shape index (κ2) is 8.24. The van der Waals surface area contributed by atoms with Gasteiger partial charge in [-0.05, 0) is 31.0 Å². The summed E-state index contributed by atoms with van der Waals surface area (Å²) < 4.78 is 27.3. The van der Waals surface area contributed by atoms with Gasteiger partial charge in [-0.25, -0.2) is 9.78 Å². The van der Waals surface area contributed by atoms with Crippen molar-refractivity contribution in [3.8, 4) is 17.4 Å². The summed E-state index contributed by atoms with van der Waals surface area (Å²) in [5.41, 5.74) is 0.868. The van der Waals surface area contributed by atoms with Crippen LogP contribution >= 0.6 is 0 Å². The zero-order valence-corrected chi connectivity index (χ0v) is 19.8. The number of ether oxygens (including phenoxy) is 5. The molecule has 0 bridgehead atoms. The van der Waals surface area contributed by atoms with Gasteiger partial charge < -0.3 is 23.7 Å². The largest absolute Gasteiger partial charge is 0.496 e. The number of aromatic nitrogens is 1. The predicted molar refractivity (Wildman–Crippen MR) is 119 cm³/mol. The van der Waals surface area contributed by atoms with Crippen LogP contribution in [-0.2, 0) is 24.5 Å². The van der Waals surface area contributed by atoms with Crippen molar-refractivity contribution in [3.05, 3.63) is 47.2 Å². The SMILES string of the molecule is COc1ccc(C)cc1[C@]1(C(=O)O[C@H]2C(=O)OCC2(C)C)C[C@@H]1c1cnc(OC)c(OC)c1. The summed E-state index contributed by atoms with van der Waals surface area (Å²) in [7, 11) is 4.62. The molecule has 1 aromatic carbocycles. The Bertz CT molecular complexity index is 1100. The number of esters is 2. The Morgan fingerprint density at radius 1 is 1.09 bits per heavy atom. The molecule has 1 aliphatic heterocycles. The Hall–Kier alpha value is -3.29. The molecule has 0 amide bonds. The molecular weight excluding hydrogens is 426 g/mol. The Balaban J connectivity index is 1.78. The highest BCUT2D eigenvalue weighted by atomic mass is 16.6. The molecule has 1 aliphatic carbocycles. The van der Waals surface area contributed by atoms with Crippen molar-refractivity contribution < 1.29 is 33.3 Å². The number of nitrogens with zero attached hydrogens (tertiary/aromatic N) is 1. The lowest BCUT2D eigenvalue weighted by atomic mass is 9.87. The zero-order valence-electron chi connectivity index (χ0n) is 19.8. The average molecular weight is 456 g/mol. The predicted octanol–water partition coefficient (Wildman–Crippen LogP) is 3.34. The van der Waals surface area contributed by atoms with E-state index in [4.69, 9.17) is 23.7 Å². The second-order valence-electron chi connectivity index (χ2n) is 9.29. The number of aryl methyl sites for hydroxylation is 1. The van der Waals surface area contributed by atoms with E-state index >= 15 is 0 Å². The lowest BCUT2D eigenvalue weighted by Crippen LogP contribution is -2.39. The van der Waals surface area contributed by atoms with Crippen LogP contribution < -0.4 is 14.2 Å². The number of cyclic esters (lactones) is 1. The maximum Gasteiger partial charge on any atom is 0.348 e. The lowest BCUT2D eigenvalue weighted by Gasteiger charge is -2.26. The van der Waals surface area contributed by atoms with Gasteiger partial charge in [-0.15, -0.1) is 0 Å². The van der Waals surface area contributed by atoms with E-state index in [0.717, 1.165) is 16.7 Å². The van der Waals surface area contributed by atoms with Gasteiger partial charge in [0.05, 0.1) is 21.3 Å². The van der Waals surface area contributed by atoms with E-state index < -0.39 is 28.9 Å². The standard InChI is InChI=1S/C25H29NO7/c1-14-7-8-18(29-4)16(9-14)25(23(28)33-20-22(27)32-13-24(20,2)3)11-17(25)15-10-19(30-5)21(31-6)26-12-15/h7-10,12,17,20H,11,13H2,1-6H3/t17-,20+,25-/m1/s1.